The van der Waals surface area contributed by atoms with E-state index in [9.17, 15) is 24.3 Å². The number of amides is 4. The first-order valence-electron chi connectivity index (χ1n) is 18.4. The molecule has 1 saturated carbocycles. The maximum Gasteiger partial charge on any atom is 0.415 e. The SMILES string of the molecule is CNC(=O)[C@H](Cc1ccccc1)C[C@H](O)[C@H](CC1CCCCC1)NC(=O)C(Cc1c[nH]cn1)NC(=O)C(C)N(C(=O)OC(C)(C)C)c1ccccc1. The molecule has 1 fully saturated rings. The fourth-order valence-electron chi connectivity index (χ4n) is 6.84. The Hall–Kier alpha value is -4.71. The van der Waals surface area contributed by atoms with Crippen LogP contribution in [0.2, 0.25) is 0 Å². The molecule has 0 aliphatic heterocycles. The number of carbonyl (C=O) groups excluding carboxylic acids is 4. The number of rotatable bonds is 16. The Kier molecular flexibility index (Phi) is 14.8. The van der Waals surface area contributed by atoms with Crippen molar-refractivity contribution in [2.45, 2.75) is 115 Å². The van der Waals surface area contributed by atoms with Gasteiger partial charge in [0.05, 0.1) is 24.2 Å². The quantitative estimate of drug-likeness (QED) is 0.138. The van der Waals surface area contributed by atoms with Gasteiger partial charge in [-0.05, 0) is 70.6 Å². The molecule has 1 heterocycles. The van der Waals surface area contributed by atoms with E-state index in [2.05, 4.69) is 25.9 Å². The number of aliphatic hydroxyl groups excluding tert-OH is 1. The summed E-state index contributed by atoms with van der Waals surface area (Å²) >= 11 is 0. The zero-order valence-electron chi connectivity index (χ0n) is 31.1. The summed E-state index contributed by atoms with van der Waals surface area (Å²) in [6, 6.07) is 15.6. The van der Waals surface area contributed by atoms with Crippen molar-refractivity contribution in [2.75, 3.05) is 11.9 Å². The first kappa shape index (κ1) is 40.1. The number of aromatic nitrogens is 2. The van der Waals surface area contributed by atoms with Crippen LogP contribution >= 0.6 is 0 Å². The molecular weight excluding hydrogens is 660 g/mol. The summed E-state index contributed by atoms with van der Waals surface area (Å²) in [6.07, 6.45) is 7.91. The fourth-order valence-corrected chi connectivity index (χ4v) is 6.84. The van der Waals surface area contributed by atoms with Crippen LogP contribution < -0.4 is 20.9 Å². The van der Waals surface area contributed by atoms with Crippen LogP contribution in [-0.2, 0) is 32.0 Å². The van der Waals surface area contributed by atoms with Crippen molar-refractivity contribution in [3.05, 3.63) is 84.4 Å². The fraction of sp³-hybridized carbons (Fsp3) is 0.525. The lowest BCUT2D eigenvalue weighted by atomic mass is 9.81. The molecule has 0 spiro atoms. The molecule has 4 rings (SSSR count). The van der Waals surface area contributed by atoms with Crippen LogP contribution in [0.1, 0.15) is 83.9 Å². The monoisotopic (exact) mass is 716 g/mol. The normalized spacial score (nSPS) is 16.4. The number of carbonyl (C=O) groups is 4. The summed E-state index contributed by atoms with van der Waals surface area (Å²) in [6.45, 7) is 6.83. The summed E-state index contributed by atoms with van der Waals surface area (Å²) in [4.78, 5) is 63.2. The molecule has 1 aliphatic rings. The predicted octanol–water partition coefficient (Wildman–Crippen LogP) is 5.08. The van der Waals surface area contributed by atoms with Crippen molar-refractivity contribution in [3.8, 4) is 0 Å². The van der Waals surface area contributed by atoms with Crippen molar-refractivity contribution in [1.82, 2.24) is 25.9 Å². The summed E-state index contributed by atoms with van der Waals surface area (Å²) < 4.78 is 5.67. The minimum Gasteiger partial charge on any atom is -0.443 e. The molecular formula is C40H56N6O6. The minimum absolute atomic E-state index is 0.0622. The highest BCUT2D eigenvalue weighted by molar-refractivity contribution is 5.99. The Labute approximate surface area is 307 Å². The molecule has 0 bridgehead atoms. The Morgan fingerprint density at radius 2 is 1.58 bits per heavy atom. The van der Waals surface area contributed by atoms with Crippen molar-refractivity contribution < 1.29 is 29.0 Å². The molecule has 12 nitrogen and oxygen atoms in total. The zero-order chi connectivity index (χ0) is 37.7. The third-order valence-electron chi connectivity index (χ3n) is 9.56. The molecule has 282 valence electrons. The van der Waals surface area contributed by atoms with Crippen LogP contribution in [0.5, 0.6) is 0 Å². The highest BCUT2D eigenvalue weighted by Gasteiger charge is 2.36. The molecule has 0 radical (unpaired) electrons. The van der Waals surface area contributed by atoms with E-state index < -0.39 is 53.7 Å². The average Bonchev–Trinajstić information content (AvgIpc) is 3.64. The molecule has 5 atom stereocenters. The Bertz CT molecular complexity index is 1560. The van der Waals surface area contributed by atoms with Crippen LogP contribution in [0.3, 0.4) is 0 Å². The highest BCUT2D eigenvalue weighted by Crippen LogP contribution is 2.29. The number of nitrogens with zero attached hydrogens (tertiary/aromatic N) is 2. The van der Waals surface area contributed by atoms with Crippen LogP contribution in [0, 0.1) is 11.8 Å². The summed E-state index contributed by atoms with van der Waals surface area (Å²) in [5.74, 6) is -1.47. The molecule has 2 aromatic carbocycles. The molecule has 5 N–H and O–H groups in total. The van der Waals surface area contributed by atoms with Gasteiger partial charge in [0.1, 0.15) is 17.7 Å². The summed E-state index contributed by atoms with van der Waals surface area (Å²) in [5.41, 5.74) is 1.18. The van der Waals surface area contributed by atoms with E-state index in [4.69, 9.17) is 4.74 Å². The number of ether oxygens (including phenoxy) is 1. The first-order chi connectivity index (χ1) is 24.8. The second-order valence-corrected chi connectivity index (χ2v) is 14.8. The molecule has 0 saturated heterocycles. The van der Waals surface area contributed by atoms with E-state index in [1.165, 1.54) is 11.2 Å². The van der Waals surface area contributed by atoms with Gasteiger partial charge in [-0.1, -0.05) is 80.6 Å². The molecule has 3 aromatic rings. The number of nitrogens with one attached hydrogen (secondary N) is 4. The number of hydrogen-bond donors (Lipinski definition) is 5. The van der Waals surface area contributed by atoms with Crippen molar-refractivity contribution in [3.63, 3.8) is 0 Å². The third-order valence-corrected chi connectivity index (χ3v) is 9.56. The molecule has 2 unspecified atom stereocenters. The lowest BCUT2D eigenvalue weighted by Crippen LogP contribution is -2.57. The van der Waals surface area contributed by atoms with Crippen LogP contribution in [0.25, 0.3) is 0 Å². The molecule has 4 amide bonds. The van der Waals surface area contributed by atoms with E-state index in [0.29, 0.717) is 30.1 Å². The van der Waals surface area contributed by atoms with Gasteiger partial charge in [-0.3, -0.25) is 19.3 Å². The lowest BCUT2D eigenvalue weighted by Gasteiger charge is -2.33. The van der Waals surface area contributed by atoms with E-state index in [1.54, 1.807) is 65.2 Å². The Morgan fingerprint density at radius 3 is 2.17 bits per heavy atom. The van der Waals surface area contributed by atoms with Crippen molar-refractivity contribution in [1.29, 1.82) is 0 Å². The van der Waals surface area contributed by atoms with Crippen LogP contribution in [-0.4, -0.2) is 75.8 Å². The standard InChI is InChI=1S/C40H56N6O6/c1-27(46(32-19-13-8-14-20-32)39(51)52-40(2,3)4)36(48)45-34(24-31-25-42-26-43-31)38(50)44-33(22-29-17-11-7-12-18-29)35(47)23-30(37(49)41-5)21-28-15-9-6-10-16-28/h6,8-10,13-16,19-20,25-27,29-30,33-35,47H,7,11-12,17-18,21-24H2,1-5H3,(H,41,49)(H,42,43)(H,44,50)(H,45,48)/t27?,30-,33+,34?,35+/m1/s1. The number of H-pyrrole nitrogens is 1. The second kappa shape index (κ2) is 19.2. The Morgan fingerprint density at radius 1 is 0.923 bits per heavy atom. The van der Waals surface area contributed by atoms with Gasteiger partial charge in [-0.15, -0.1) is 0 Å². The van der Waals surface area contributed by atoms with E-state index in [0.717, 1.165) is 37.7 Å². The van der Waals surface area contributed by atoms with Gasteiger partial charge in [-0.25, -0.2) is 9.78 Å². The van der Waals surface area contributed by atoms with Gasteiger partial charge >= 0.3 is 6.09 Å². The number of benzene rings is 2. The average molecular weight is 717 g/mol. The number of hydrogen-bond acceptors (Lipinski definition) is 7. The molecule has 12 heteroatoms. The van der Waals surface area contributed by atoms with Crippen molar-refractivity contribution >= 4 is 29.5 Å². The number of imidazole rings is 1. The number of aromatic amines is 1. The van der Waals surface area contributed by atoms with Crippen molar-refractivity contribution in [2.24, 2.45) is 11.8 Å². The van der Waals surface area contributed by atoms with E-state index in [1.807, 2.05) is 36.4 Å². The van der Waals surface area contributed by atoms with E-state index in [-0.39, 0.29) is 18.7 Å². The van der Waals surface area contributed by atoms with Crippen LogP contribution in [0.15, 0.2) is 73.2 Å². The lowest BCUT2D eigenvalue weighted by molar-refractivity contribution is -0.130. The largest absolute Gasteiger partial charge is 0.443 e. The molecule has 1 aliphatic carbocycles. The number of anilines is 1. The van der Waals surface area contributed by atoms with Gasteiger partial charge in [0.15, 0.2) is 0 Å². The third kappa shape index (κ3) is 12.2. The smallest absolute Gasteiger partial charge is 0.415 e. The maximum absolute atomic E-state index is 14.3. The van der Waals surface area contributed by atoms with Gasteiger partial charge in [-0.2, -0.15) is 0 Å². The Balaban J connectivity index is 1.58. The van der Waals surface area contributed by atoms with Gasteiger partial charge in [0.25, 0.3) is 0 Å². The first-order valence-corrected chi connectivity index (χ1v) is 18.4. The van der Waals surface area contributed by atoms with Gasteiger partial charge < -0.3 is 30.8 Å². The van der Waals surface area contributed by atoms with Gasteiger partial charge in [0, 0.05) is 31.3 Å². The predicted molar refractivity (Wildman–Crippen MR) is 200 cm³/mol. The molecule has 52 heavy (non-hydrogen) atoms. The number of para-hydroxylation sites is 1. The summed E-state index contributed by atoms with van der Waals surface area (Å²) in [5, 5.41) is 20.5. The van der Waals surface area contributed by atoms with Crippen LogP contribution in [0.4, 0.5) is 10.5 Å². The highest BCUT2D eigenvalue weighted by atomic mass is 16.6. The van der Waals surface area contributed by atoms with Gasteiger partial charge in [0.2, 0.25) is 17.7 Å². The topological polar surface area (TPSA) is 166 Å². The second-order valence-electron chi connectivity index (χ2n) is 14.8. The minimum atomic E-state index is -1.09. The van der Waals surface area contributed by atoms with E-state index >= 15 is 0 Å². The number of aliphatic hydroxyl groups is 1. The molecule has 1 aromatic heterocycles. The zero-order valence-corrected chi connectivity index (χ0v) is 31.1. The summed E-state index contributed by atoms with van der Waals surface area (Å²) in [7, 11) is 1.58. The maximum atomic E-state index is 14.3.